The third-order valence-electron chi connectivity index (χ3n) is 6.47. The number of rotatable bonds is 6. The van der Waals surface area contributed by atoms with Gasteiger partial charge < -0.3 is 14.5 Å². The molecule has 0 saturated carbocycles. The number of nitrogens with one attached hydrogen (secondary N) is 1. The molecule has 0 saturated heterocycles. The van der Waals surface area contributed by atoms with Crippen LogP contribution in [-0.2, 0) is 32.0 Å². The van der Waals surface area contributed by atoms with Crippen molar-refractivity contribution in [1.82, 2.24) is 9.88 Å². The van der Waals surface area contributed by atoms with Crippen LogP contribution in [0, 0.1) is 5.92 Å². The van der Waals surface area contributed by atoms with E-state index in [1.807, 2.05) is 42.5 Å². The molecular formula is C27H32N2O4. The number of H-pyrrole nitrogens is 1. The quantitative estimate of drug-likeness (QED) is 0.563. The van der Waals surface area contributed by atoms with Gasteiger partial charge in [0, 0.05) is 44.0 Å². The summed E-state index contributed by atoms with van der Waals surface area (Å²) in [6, 6.07) is 18.2. The predicted octanol–water partition coefficient (Wildman–Crippen LogP) is 4.44. The van der Waals surface area contributed by atoms with E-state index in [1.54, 1.807) is 0 Å². The van der Waals surface area contributed by atoms with Crippen molar-refractivity contribution in [2.24, 2.45) is 5.92 Å². The highest BCUT2D eigenvalue weighted by Gasteiger charge is 2.32. The van der Waals surface area contributed by atoms with Crippen molar-refractivity contribution in [3.8, 4) is 0 Å². The lowest BCUT2D eigenvalue weighted by Gasteiger charge is -2.28. The highest BCUT2D eigenvalue weighted by molar-refractivity contribution is 5.88. The number of fused-ring (bicyclic) bond motifs is 3. The molecule has 0 radical (unpaired) electrons. The van der Waals surface area contributed by atoms with Gasteiger partial charge in [0.15, 0.2) is 0 Å². The fourth-order valence-electron chi connectivity index (χ4n) is 4.81. The Morgan fingerprint density at radius 2 is 1.85 bits per heavy atom. The second-order valence-corrected chi connectivity index (χ2v) is 8.65. The van der Waals surface area contributed by atoms with Crippen LogP contribution < -0.4 is 0 Å². The normalized spacial score (nSPS) is 21.9. The third kappa shape index (κ3) is 5.45. The molecule has 0 bridgehead atoms. The molecule has 174 valence electrons. The number of nitrogens with zero attached hydrogens (tertiary/aromatic N) is 1. The van der Waals surface area contributed by atoms with Crippen molar-refractivity contribution in [3.05, 3.63) is 71.4 Å². The summed E-state index contributed by atoms with van der Waals surface area (Å²) in [6.45, 7) is 2.21. The third-order valence-corrected chi connectivity index (χ3v) is 6.47. The summed E-state index contributed by atoms with van der Waals surface area (Å²) < 4.78 is 19.4. The molecule has 1 N–H and O–H groups in total. The maximum atomic E-state index is 13.1. The summed E-state index contributed by atoms with van der Waals surface area (Å²) in [5.74, 6) is -2.53. The Bertz CT molecular complexity index is 1150. The van der Waals surface area contributed by atoms with Gasteiger partial charge in [-0.05, 0) is 42.4 Å². The molecule has 0 aliphatic carbocycles. The van der Waals surface area contributed by atoms with E-state index in [4.69, 9.17) is 9.47 Å². The van der Waals surface area contributed by atoms with Gasteiger partial charge in [-0.25, -0.2) is 0 Å². The molecule has 4 rings (SSSR count). The second kappa shape index (κ2) is 10.7. The summed E-state index contributed by atoms with van der Waals surface area (Å²) in [7, 11) is 2.71. The van der Waals surface area contributed by atoms with Crippen LogP contribution in [-0.4, -0.2) is 49.1 Å². The number of aromatic nitrogens is 1. The van der Waals surface area contributed by atoms with Crippen LogP contribution in [0.25, 0.3) is 10.9 Å². The Morgan fingerprint density at radius 3 is 2.61 bits per heavy atom. The molecular weight excluding hydrogens is 416 g/mol. The van der Waals surface area contributed by atoms with Gasteiger partial charge >= 0.3 is 11.9 Å². The van der Waals surface area contributed by atoms with E-state index in [9.17, 15) is 11.0 Å². The average Bonchev–Trinajstić information content (AvgIpc) is 3.26. The molecule has 1 aliphatic rings. The lowest BCUT2D eigenvalue weighted by atomic mass is 9.87. The van der Waals surface area contributed by atoms with Crippen molar-refractivity contribution in [2.75, 3.05) is 27.3 Å². The van der Waals surface area contributed by atoms with Crippen LogP contribution in [0.2, 0.25) is 0 Å². The summed E-state index contributed by atoms with van der Waals surface area (Å²) >= 11 is 0. The van der Waals surface area contributed by atoms with Gasteiger partial charge in [-0.15, -0.1) is 0 Å². The number of esters is 2. The van der Waals surface area contributed by atoms with Gasteiger partial charge in [0.25, 0.3) is 0 Å². The number of aromatic amines is 1. The molecule has 6 nitrogen and oxygen atoms in total. The second-order valence-electron chi connectivity index (χ2n) is 8.65. The van der Waals surface area contributed by atoms with E-state index in [0.717, 1.165) is 29.6 Å². The summed E-state index contributed by atoms with van der Waals surface area (Å²) in [6.07, 6.45) is 1.73. The Labute approximate surface area is 196 Å². The van der Waals surface area contributed by atoms with Crippen LogP contribution in [0.1, 0.15) is 43.3 Å². The zero-order valence-electron chi connectivity index (χ0n) is 20.3. The Hall–Kier alpha value is -3.12. The van der Waals surface area contributed by atoms with Crippen LogP contribution in [0.5, 0.6) is 0 Å². The molecule has 33 heavy (non-hydrogen) atoms. The first kappa shape index (κ1) is 21.7. The van der Waals surface area contributed by atoms with Gasteiger partial charge in [0.2, 0.25) is 0 Å². The number of hydrogen-bond donors (Lipinski definition) is 1. The van der Waals surface area contributed by atoms with E-state index in [2.05, 4.69) is 22.0 Å². The zero-order valence-corrected chi connectivity index (χ0v) is 19.3. The predicted molar refractivity (Wildman–Crippen MR) is 128 cm³/mol. The molecule has 0 spiro atoms. The highest BCUT2D eigenvalue weighted by Crippen LogP contribution is 2.35. The summed E-state index contributed by atoms with van der Waals surface area (Å²) in [4.78, 5) is 30.8. The molecule has 0 amide bonds. The van der Waals surface area contributed by atoms with Gasteiger partial charge in [0.1, 0.15) is 0 Å². The van der Waals surface area contributed by atoms with Gasteiger partial charge in [-0.3, -0.25) is 14.5 Å². The molecule has 2 aromatic carbocycles. The standard InChI is InChI=1S/C27H32N2O4/c1-32-25(30)13-12-20-16-23(27(31)33-2)26-22(21-10-6-7-11-24(21)28-26)14-15-29(18-20)17-19-8-4-3-5-9-19/h3-11,20,23,28H,12-18H2,1-2H3/t20-,23-/m1/s1/i23D. The van der Waals surface area contributed by atoms with Gasteiger partial charge in [0.05, 0.1) is 20.1 Å². The number of para-hydroxylation sites is 1. The van der Waals surface area contributed by atoms with Crippen LogP contribution >= 0.6 is 0 Å². The van der Waals surface area contributed by atoms with E-state index in [0.29, 0.717) is 25.1 Å². The van der Waals surface area contributed by atoms with Crippen molar-refractivity contribution >= 4 is 22.8 Å². The minimum absolute atomic E-state index is 0.0724. The molecule has 3 aromatic rings. The van der Waals surface area contributed by atoms with Gasteiger partial charge in [-0.1, -0.05) is 48.5 Å². The van der Waals surface area contributed by atoms with E-state index >= 15 is 0 Å². The molecule has 0 unspecified atom stereocenters. The maximum absolute atomic E-state index is 13.1. The van der Waals surface area contributed by atoms with Crippen LogP contribution in [0.15, 0.2) is 54.6 Å². The molecule has 2 heterocycles. The Balaban J connectivity index is 1.76. The van der Waals surface area contributed by atoms with Crippen LogP contribution in [0.4, 0.5) is 0 Å². The van der Waals surface area contributed by atoms with E-state index < -0.39 is 11.9 Å². The molecule has 6 heteroatoms. The van der Waals surface area contributed by atoms with E-state index in [-0.39, 0.29) is 24.7 Å². The number of methoxy groups -OCH3 is 2. The van der Waals surface area contributed by atoms with Crippen molar-refractivity contribution < 1.29 is 20.4 Å². The van der Waals surface area contributed by atoms with Gasteiger partial charge in [-0.2, -0.15) is 0 Å². The van der Waals surface area contributed by atoms with Crippen molar-refractivity contribution in [2.45, 2.75) is 38.1 Å². The molecule has 1 aromatic heterocycles. The lowest BCUT2D eigenvalue weighted by molar-refractivity contribution is -0.143. The number of benzene rings is 2. The van der Waals surface area contributed by atoms with Crippen LogP contribution in [0.3, 0.4) is 0 Å². The molecule has 0 fully saturated rings. The SMILES string of the molecule is [2H][C@@]1(C(=O)OC)C[C@@H](CCC(=O)OC)CN(Cc2ccccc2)CCc2c1[nH]c1ccccc21. The van der Waals surface area contributed by atoms with Crippen molar-refractivity contribution in [1.29, 1.82) is 0 Å². The first-order valence-corrected chi connectivity index (χ1v) is 11.5. The Morgan fingerprint density at radius 1 is 1.09 bits per heavy atom. The first-order valence-electron chi connectivity index (χ1n) is 12.0. The highest BCUT2D eigenvalue weighted by atomic mass is 16.5. The van der Waals surface area contributed by atoms with E-state index in [1.165, 1.54) is 19.8 Å². The largest absolute Gasteiger partial charge is 0.469 e. The minimum atomic E-state index is -1.59. The fraction of sp³-hybridized carbons (Fsp3) is 0.407. The number of ether oxygens (including phenoxy) is 2. The minimum Gasteiger partial charge on any atom is -0.469 e. The maximum Gasteiger partial charge on any atom is 0.314 e. The lowest BCUT2D eigenvalue weighted by Crippen LogP contribution is -2.32. The zero-order chi connectivity index (χ0) is 24.1. The number of carbonyl (C=O) groups excluding carboxylic acids is 2. The topological polar surface area (TPSA) is 71.6 Å². The monoisotopic (exact) mass is 449 g/mol. The fourth-order valence-corrected chi connectivity index (χ4v) is 4.81. The van der Waals surface area contributed by atoms with Crippen molar-refractivity contribution in [3.63, 3.8) is 0 Å². The number of hydrogen-bond acceptors (Lipinski definition) is 5. The number of carbonyl (C=O) groups is 2. The first-order chi connectivity index (χ1) is 16.4. The molecule has 2 atom stereocenters. The Kier molecular flexibility index (Phi) is 7.02. The summed E-state index contributed by atoms with van der Waals surface area (Å²) in [5, 5.41) is 1.03. The average molecular weight is 450 g/mol. The molecule has 1 aliphatic heterocycles. The summed E-state index contributed by atoms with van der Waals surface area (Å²) in [5.41, 5.74) is 3.71. The smallest absolute Gasteiger partial charge is 0.314 e.